The molecule has 0 heterocycles. The van der Waals surface area contributed by atoms with Crippen molar-refractivity contribution in [2.24, 2.45) is 0 Å². The minimum Gasteiger partial charge on any atom is -0.493 e. The van der Waals surface area contributed by atoms with Gasteiger partial charge in [-0.3, -0.25) is 0 Å². The van der Waals surface area contributed by atoms with Gasteiger partial charge in [-0.25, -0.2) is 0 Å². The molecule has 0 fully saturated rings. The largest absolute Gasteiger partial charge is 0.573 e. The van der Waals surface area contributed by atoms with Crippen LogP contribution in [0.2, 0.25) is 0 Å². The lowest BCUT2D eigenvalue weighted by Crippen LogP contribution is -2.17. The van der Waals surface area contributed by atoms with Gasteiger partial charge < -0.3 is 9.47 Å². The molecule has 113 valence electrons. The van der Waals surface area contributed by atoms with Crippen molar-refractivity contribution in [3.05, 3.63) is 31.2 Å². The SMILES string of the molecule is [CH2]CCCCCCCOc1cccc(OC(F)(F)F)c1. The molecule has 0 aliphatic carbocycles. The Labute approximate surface area is 117 Å². The fourth-order valence-electron chi connectivity index (χ4n) is 1.76. The van der Waals surface area contributed by atoms with Gasteiger partial charge in [0.25, 0.3) is 0 Å². The van der Waals surface area contributed by atoms with Crippen molar-refractivity contribution in [1.29, 1.82) is 0 Å². The predicted molar refractivity (Wildman–Crippen MR) is 71.7 cm³/mol. The Hall–Kier alpha value is -1.39. The van der Waals surface area contributed by atoms with E-state index in [-0.39, 0.29) is 5.75 Å². The highest BCUT2D eigenvalue weighted by molar-refractivity contribution is 5.33. The second kappa shape index (κ2) is 8.72. The summed E-state index contributed by atoms with van der Waals surface area (Å²) in [6.07, 6.45) is 1.67. The normalized spacial score (nSPS) is 11.4. The summed E-state index contributed by atoms with van der Waals surface area (Å²) in [4.78, 5) is 0. The maximum Gasteiger partial charge on any atom is 0.573 e. The molecule has 0 spiro atoms. The van der Waals surface area contributed by atoms with Crippen LogP contribution >= 0.6 is 0 Å². The molecule has 0 aliphatic rings. The second-order valence-electron chi connectivity index (χ2n) is 4.49. The summed E-state index contributed by atoms with van der Waals surface area (Å²) in [5, 5.41) is 0. The van der Waals surface area contributed by atoms with E-state index in [4.69, 9.17) is 4.74 Å². The third-order valence-corrected chi connectivity index (χ3v) is 2.70. The molecule has 0 atom stereocenters. The van der Waals surface area contributed by atoms with Crippen LogP contribution in [-0.2, 0) is 0 Å². The van der Waals surface area contributed by atoms with E-state index >= 15 is 0 Å². The molecule has 5 heteroatoms. The summed E-state index contributed by atoms with van der Waals surface area (Å²) in [7, 11) is 0. The first-order valence-electron chi connectivity index (χ1n) is 6.79. The third kappa shape index (κ3) is 7.92. The average molecular weight is 289 g/mol. The number of benzene rings is 1. The number of rotatable bonds is 9. The maximum absolute atomic E-state index is 12.1. The van der Waals surface area contributed by atoms with Gasteiger partial charge in [0.2, 0.25) is 0 Å². The summed E-state index contributed by atoms with van der Waals surface area (Å²) in [5.74, 6) is 0.134. The van der Waals surface area contributed by atoms with Gasteiger partial charge in [0, 0.05) is 6.07 Å². The van der Waals surface area contributed by atoms with Crippen molar-refractivity contribution in [3.63, 3.8) is 0 Å². The van der Waals surface area contributed by atoms with Crippen molar-refractivity contribution in [2.75, 3.05) is 6.61 Å². The van der Waals surface area contributed by atoms with Crippen LogP contribution in [0.4, 0.5) is 13.2 Å². The second-order valence-corrected chi connectivity index (χ2v) is 4.49. The van der Waals surface area contributed by atoms with E-state index in [0.29, 0.717) is 12.4 Å². The summed E-state index contributed by atoms with van der Waals surface area (Å²) in [5.41, 5.74) is 0. The van der Waals surface area contributed by atoms with Crippen LogP contribution < -0.4 is 9.47 Å². The molecule has 20 heavy (non-hydrogen) atoms. The zero-order valence-electron chi connectivity index (χ0n) is 11.4. The van der Waals surface area contributed by atoms with Crippen molar-refractivity contribution in [2.45, 2.75) is 44.9 Å². The molecule has 0 aliphatic heterocycles. The molecular weight excluding hydrogens is 269 g/mol. The third-order valence-electron chi connectivity index (χ3n) is 2.70. The lowest BCUT2D eigenvalue weighted by Gasteiger charge is -2.11. The minimum absolute atomic E-state index is 0.259. The zero-order chi connectivity index (χ0) is 14.8. The van der Waals surface area contributed by atoms with Gasteiger partial charge in [0.1, 0.15) is 11.5 Å². The molecule has 0 N–H and O–H groups in total. The smallest absolute Gasteiger partial charge is 0.493 e. The van der Waals surface area contributed by atoms with Gasteiger partial charge in [-0.15, -0.1) is 13.2 Å². The number of ether oxygens (including phenoxy) is 2. The minimum atomic E-state index is -4.67. The molecule has 0 bridgehead atoms. The molecule has 1 aromatic rings. The van der Waals surface area contributed by atoms with Crippen molar-refractivity contribution in [1.82, 2.24) is 0 Å². The van der Waals surface area contributed by atoms with Crippen molar-refractivity contribution in [3.8, 4) is 11.5 Å². The van der Waals surface area contributed by atoms with E-state index in [1.54, 1.807) is 6.07 Å². The first-order valence-corrected chi connectivity index (χ1v) is 6.79. The summed E-state index contributed by atoms with van der Waals surface area (Å²) < 4.78 is 45.4. The fourth-order valence-corrected chi connectivity index (χ4v) is 1.76. The summed E-state index contributed by atoms with van der Waals surface area (Å²) in [6, 6.07) is 5.59. The van der Waals surface area contributed by atoms with Crippen molar-refractivity contribution >= 4 is 0 Å². The predicted octanol–water partition coefficient (Wildman–Crippen LogP) is 5.14. The monoisotopic (exact) mass is 289 g/mol. The molecule has 0 saturated heterocycles. The van der Waals surface area contributed by atoms with Gasteiger partial charge in [-0.2, -0.15) is 0 Å². The molecule has 0 aromatic heterocycles. The lowest BCUT2D eigenvalue weighted by atomic mass is 10.1. The van der Waals surface area contributed by atoms with Crippen LogP contribution in [0.3, 0.4) is 0 Å². The van der Waals surface area contributed by atoms with Crippen molar-refractivity contribution < 1.29 is 22.6 Å². The molecule has 1 radical (unpaired) electrons. The Kier molecular flexibility index (Phi) is 7.26. The van der Waals surface area contributed by atoms with Crippen LogP contribution in [-0.4, -0.2) is 13.0 Å². The molecular formula is C15H20F3O2. The van der Waals surface area contributed by atoms with Gasteiger partial charge in [-0.1, -0.05) is 45.1 Å². The van der Waals surface area contributed by atoms with Crippen LogP contribution in [0.25, 0.3) is 0 Å². The maximum atomic E-state index is 12.1. The fraction of sp³-hybridized carbons (Fsp3) is 0.533. The topological polar surface area (TPSA) is 18.5 Å². The van der Waals surface area contributed by atoms with Crippen LogP contribution in [0.5, 0.6) is 11.5 Å². The van der Waals surface area contributed by atoms with Gasteiger partial charge >= 0.3 is 6.36 Å². The van der Waals surface area contributed by atoms with Crippen LogP contribution in [0.15, 0.2) is 24.3 Å². The lowest BCUT2D eigenvalue weighted by molar-refractivity contribution is -0.274. The highest BCUT2D eigenvalue weighted by Crippen LogP contribution is 2.26. The number of halogens is 3. The quantitative estimate of drug-likeness (QED) is 0.586. The van der Waals surface area contributed by atoms with E-state index < -0.39 is 6.36 Å². The molecule has 1 rings (SSSR count). The van der Waals surface area contributed by atoms with E-state index in [2.05, 4.69) is 11.7 Å². The summed E-state index contributed by atoms with van der Waals surface area (Å²) in [6.45, 7) is 4.28. The first kappa shape index (κ1) is 16.7. The Morgan fingerprint density at radius 2 is 1.60 bits per heavy atom. The van der Waals surface area contributed by atoms with E-state index in [1.807, 2.05) is 0 Å². The Morgan fingerprint density at radius 1 is 0.950 bits per heavy atom. The number of unbranched alkanes of at least 4 members (excludes halogenated alkanes) is 5. The van der Waals surface area contributed by atoms with E-state index in [9.17, 15) is 13.2 Å². The van der Waals surface area contributed by atoms with E-state index in [0.717, 1.165) is 32.1 Å². The highest BCUT2D eigenvalue weighted by atomic mass is 19.4. The standard InChI is InChI=1S/C15H20F3O2/c1-2-3-4-5-6-7-11-19-13-9-8-10-14(12-13)20-15(16,17)18/h8-10,12H,1-7,11H2. The van der Waals surface area contributed by atoms with Gasteiger partial charge in [0.05, 0.1) is 6.61 Å². The van der Waals surface area contributed by atoms with Gasteiger partial charge in [0.15, 0.2) is 0 Å². The van der Waals surface area contributed by atoms with Gasteiger partial charge in [-0.05, 0) is 18.6 Å². The molecule has 0 amide bonds. The van der Waals surface area contributed by atoms with Crippen LogP contribution in [0.1, 0.15) is 38.5 Å². The zero-order valence-corrected chi connectivity index (χ0v) is 11.4. The first-order chi connectivity index (χ1) is 9.51. The Morgan fingerprint density at radius 3 is 2.30 bits per heavy atom. The number of hydrogen-bond donors (Lipinski definition) is 0. The highest BCUT2D eigenvalue weighted by Gasteiger charge is 2.31. The number of hydrogen-bond acceptors (Lipinski definition) is 2. The van der Waals surface area contributed by atoms with Crippen LogP contribution in [0, 0.1) is 6.92 Å². The molecule has 2 nitrogen and oxygen atoms in total. The average Bonchev–Trinajstić information content (AvgIpc) is 2.36. The molecule has 0 unspecified atom stereocenters. The molecule has 0 saturated carbocycles. The number of alkyl halides is 3. The Bertz CT molecular complexity index is 378. The van der Waals surface area contributed by atoms with E-state index in [1.165, 1.54) is 24.6 Å². The summed E-state index contributed by atoms with van der Waals surface area (Å²) >= 11 is 0. The molecule has 1 aromatic carbocycles. The Balaban J connectivity index is 2.25.